The smallest absolute Gasteiger partial charge is 0.319 e. The average Bonchev–Trinajstić information content (AvgIpc) is 2.22. The van der Waals surface area contributed by atoms with Crippen molar-refractivity contribution >= 4 is 17.7 Å². The van der Waals surface area contributed by atoms with Crippen molar-refractivity contribution < 1.29 is 14.6 Å². The number of hydrogen-bond acceptors (Lipinski definition) is 4. The summed E-state index contributed by atoms with van der Waals surface area (Å²) in [5, 5.41) is 8.86. The number of carbonyl (C=O) groups excluding carboxylic acids is 1. The van der Waals surface area contributed by atoms with E-state index in [1.165, 1.54) is 11.8 Å². The van der Waals surface area contributed by atoms with Gasteiger partial charge in [-0.3, -0.25) is 4.79 Å². The highest BCUT2D eigenvalue weighted by atomic mass is 32.2. The molecule has 0 saturated heterocycles. The summed E-state index contributed by atoms with van der Waals surface area (Å²) in [6, 6.07) is 6.74. The summed E-state index contributed by atoms with van der Waals surface area (Å²) in [4.78, 5) is 12.3. The first-order valence-corrected chi connectivity index (χ1v) is 5.63. The van der Waals surface area contributed by atoms with Crippen molar-refractivity contribution in [3.8, 4) is 5.75 Å². The summed E-state index contributed by atoms with van der Waals surface area (Å²) >= 11 is 1.41. The number of aromatic hydroxyl groups is 1. The third-order valence-electron chi connectivity index (χ3n) is 1.77. The standard InChI is InChI=1S/C11H14O3S/c1-3-14-11(13)8(2)15-10-6-4-9(12)5-7-10/h4-8,12H,3H2,1-2H3/t8-/m0/s1. The summed E-state index contributed by atoms with van der Waals surface area (Å²) < 4.78 is 4.89. The van der Waals surface area contributed by atoms with Crippen molar-refractivity contribution in [2.75, 3.05) is 6.61 Å². The highest BCUT2D eigenvalue weighted by molar-refractivity contribution is 8.00. The summed E-state index contributed by atoms with van der Waals surface area (Å²) in [5.41, 5.74) is 0. The molecule has 1 rings (SSSR count). The van der Waals surface area contributed by atoms with E-state index in [1.54, 1.807) is 38.1 Å². The van der Waals surface area contributed by atoms with Crippen molar-refractivity contribution in [2.45, 2.75) is 24.0 Å². The Morgan fingerprint density at radius 1 is 1.47 bits per heavy atom. The second-order valence-corrected chi connectivity index (χ2v) is 4.42. The van der Waals surface area contributed by atoms with Crippen LogP contribution in [0.1, 0.15) is 13.8 Å². The van der Waals surface area contributed by atoms with Gasteiger partial charge in [0.1, 0.15) is 11.0 Å². The average molecular weight is 226 g/mol. The fraction of sp³-hybridized carbons (Fsp3) is 0.364. The van der Waals surface area contributed by atoms with Gasteiger partial charge in [-0.1, -0.05) is 0 Å². The molecule has 0 saturated carbocycles. The largest absolute Gasteiger partial charge is 0.508 e. The highest BCUT2D eigenvalue weighted by Crippen LogP contribution is 2.25. The van der Waals surface area contributed by atoms with Crippen molar-refractivity contribution in [3.05, 3.63) is 24.3 Å². The molecule has 0 aliphatic carbocycles. The maximum atomic E-state index is 11.3. The summed E-state index contributed by atoms with van der Waals surface area (Å²) in [5.74, 6) is 0.0127. The molecule has 1 aromatic rings. The van der Waals surface area contributed by atoms with E-state index in [4.69, 9.17) is 9.84 Å². The third kappa shape index (κ3) is 3.83. The fourth-order valence-electron chi connectivity index (χ4n) is 1.04. The lowest BCUT2D eigenvalue weighted by Crippen LogP contribution is -2.16. The zero-order valence-electron chi connectivity index (χ0n) is 8.77. The van der Waals surface area contributed by atoms with Crippen LogP contribution in [-0.2, 0) is 9.53 Å². The Bertz CT molecular complexity index is 321. The van der Waals surface area contributed by atoms with Gasteiger partial charge in [0.25, 0.3) is 0 Å². The van der Waals surface area contributed by atoms with Gasteiger partial charge in [0.2, 0.25) is 0 Å². The molecule has 0 spiro atoms. The molecule has 0 fully saturated rings. The Morgan fingerprint density at radius 2 is 2.07 bits per heavy atom. The number of thioether (sulfide) groups is 1. The number of esters is 1. The molecule has 0 aliphatic heterocycles. The van der Waals surface area contributed by atoms with Gasteiger partial charge < -0.3 is 9.84 Å². The normalized spacial score (nSPS) is 12.1. The minimum atomic E-state index is -0.227. The van der Waals surface area contributed by atoms with Crippen molar-refractivity contribution in [2.24, 2.45) is 0 Å². The van der Waals surface area contributed by atoms with Crippen molar-refractivity contribution in [1.29, 1.82) is 0 Å². The number of phenolic OH excluding ortho intramolecular Hbond substituents is 1. The molecule has 0 aromatic heterocycles. The second kappa shape index (κ2) is 5.66. The maximum Gasteiger partial charge on any atom is 0.319 e. The third-order valence-corrected chi connectivity index (χ3v) is 2.86. The first-order chi connectivity index (χ1) is 7.13. The molecule has 3 nitrogen and oxygen atoms in total. The lowest BCUT2D eigenvalue weighted by molar-refractivity contribution is -0.142. The van der Waals surface area contributed by atoms with Gasteiger partial charge in [-0.15, -0.1) is 11.8 Å². The first-order valence-electron chi connectivity index (χ1n) is 4.75. The molecule has 82 valence electrons. The SMILES string of the molecule is CCOC(=O)[C@H](C)Sc1ccc(O)cc1. The molecule has 0 radical (unpaired) electrons. The number of rotatable bonds is 4. The number of benzene rings is 1. The Kier molecular flexibility index (Phi) is 4.49. The van der Waals surface area contributed by atoms with E-state index in [-0.39, 0.29) is 17.0 Å². The second-order valence-electron chi connectivity index (χ2n) is 3.01. The van der Waals surface area contributed by atoms with E-state index >= 15 is 0 Å². The number of hydrogen-bond donors (Lipinski definition) is 1. The van der Waals surface area contributed by atoms with E-state index in [0.29, 0.717) is 6.61 Å². The van der Waals surface area contributed by atoms with Gasteiger partial charge in [-0.2, -0.15) is 0 Å². The van der Waals surface area contributed by atoms with Crippen LogP contribution in [0.15, 0.2) is 29.2 Å². The predicted molar refractivity (Wildman–Crippen MR) is 60.1 cm³/mol. The molecule has 0 bridgehead atoms. The van der Waals surface area contributed by atoms with Crippen LogP contribution >= 0.6 is 11.8 Å². The van der Waals surface area contributed by atoms with E-state index in [0.717, 1.165) is 4.90 Å². The molecule has 0 aliphatic rings. The van der Waals surface area contributed by atoms with E-state index in [2.05, 4.69) is 0 Å². The molecule has 4 heteroatoms. The number of ether oxygens (including phenoxy) is 1. The van der Waals surface area contributed by atoms with Gasteiger partial charge in [0, 0.05) is 4.90 Å². The van der Waals surface area contributed by atoms with Crippen LogP contribution in [0.2, 0.25) is 0 Å². The van der Waals surface area contributed by atoms with Crippen molar-refractivity contribution in [1.82, 2.24) is 0 Å². The molecular weight excluding hydrogens is 212 g/mol. The van der Waals surface area contributed by atoms with Crippen LogP contribution < -0.4 is 0 Å². The summed E-state index contributed by atoms with van der Waals surface area (Å²) in [7, 11) is 0. The summed E-state index contributed by atoms with van der Waals surface area (Å²) in [6.07, 6.45) is 0. The van der Waals surface area contributed by atoms with Crippen LogP contribution in [0.5, 0.6) is 5.75 Å². The van der Waals surface area contributed by atoms with Crippen LogP contribution in [-0.4, -0.2) is 22.9 Å². The van der Waals surface area contributed by atoms with Crippen LogP contribution in [0, 0.1) is 0 Å². The van der Waals surface area contributed by atoms with Gasteiger partial charge in [-0.25, -0.2) is 0 Å². The van der Waals surface area contributed by atoms with Gasteiger partial charge in [-0.05, 0) is 38.1 Å². The van der Waals surface area contributed by atoms with Crippen LogP contribution in [0.3, 0.4) is 0 Å². The first kappa shape index (κ1) is 11.9. The predicted octanol–water partition coefficient (Wildman–Crippen LogP) is 2.44. The van der Waals surface area contributed by atoms with Gasteiger partial charge >= 0.3 is 5.97 Å². The lowest BCUT2D eigenvalue weighted by atomic mass is 10.3. The maximum absolute atomic E-state index is 11.3. The van der Waals surface area contributed by atoms with Crippen molar-refractivity contribution in [3.63, 3.8) is 0 Å². The Balaban J connectivity index is 2.54. The fourth-order valence-corrected chi connectivity index (χ4v) is 1.90. The zero-order valence-corrected chi connectivity index (χ0v) is 9.58. The topological polar surface area (TPSA) is 46.5 Å². The molecule has 0 unspecified atom stereocenters. The number of carbonyl (C=O) groups is 1. The van der Waals surface area contributed by atoms with E-state index in [9.17, 15) is 4.79 Å². The molecular formula is C11H14O3S. The monoisotopic (exact) mass is 226 g/mol. The molecule has 1 aromatic carbocycles. The summed E-state index contributed by atoms with van der Waals surface area (Å²) in [6.45, 7) is 3.99. The Hall–Kier alpha value is -1.16. The minimum absolute atomic E-state index is 0.212. The Labute approximate surface area is 93.4 Å². The molecule has 1 atom stereocenters. The van der Waals surface area contributed by atoms with Crippen LogP contribution in [0.4, 0.5) is 0 Å². The molecule has 0 amide bonds. The van der Waals surface area contributed by atoms with Crippen LogP contribution in [0.25, 0.3) is 0 Å². The molecule has 15 heavy (non-hydrogen) atoms. The molecule has 0 heterocycles. The van der Waals surface area contributed by atoms with E-state index < -0.39 is 0 Å². The van der Waals surface area contributed by atoms with Gasteiger partial charge in [0.05, 0.1) is 6.61 Å². The zero-order chi connectivity index (χ0) is 11.3. The van der Waals surface area contributed by atoms with Gasteiger partial charge in [0.15, 0.2) is 0 Å². The highest BCUT2D eigenvalue weighted by Gasteiger charge is 2.14. The van der Waals surface area contributed by atoms with E-state index in [1.807, 2.05) is 0 Å². The quantitative estimate of drug-likeness (QED) is 0.632. The Morgan fingerprint density at radius 3 is 2.60 bits per heavy atom. The molecule has 1 N–H and O–H groups in total. The minimum Gasteiger partial charge on any atom is -0.508 e. The number of phenols is 1. The lowest BCUT2D eigenvalue weighted by Gasteiger charge is -2.09.